The van der Waals surface area contributed by atoms with Crippen molar-refractivity contribution in [3.05, 3.63) is 24.3 Å². The van der Waals surface area contributed by atoms with Crippen molar-refractivity contribution in [1.82, 2.24) is 9.97 Å². The van der Waals surface area contributed by atoms with Gasteiger partial charge in [0.15, 0.2) is 0 Å². The Morgan fingerprint density at radius 3 is 3.12 bits per heavy atom. The summed E-state index contributed by atoms with van der Waals surface area (Å²) in [7, 11) is 0. The molecule has 0 spiro atoms. The first-order valence-corrected chi connectivity index (χ1v) is 2.37. The number of aryl methyl sites for hydroxylation is 1. The van der Waals surface area contributed by atoms with Crippen LogP contribution in [0.1, 0.15) is 15.4 Å². The Hall–Kier alpha value is -0.920. The van der Waals surface area contributed by atoms with Gasteiger partial charge in [0.2, 0.25) is 0 Å². The summed E-state index contributed by atoms with van der Waals surface area (Å²) in [6.45, 7) is 1.47. The van der Waals surface area contributed by atoms with Crippen molar-refractivity contribution in [3.8, 4) is 0 Å². The highest BCUT2D eigenvalue weighted by molar-refractivity contribution is 4.96. The molecular formula is C6H8N2. The van der Waals surface area contributed by atoms with Gasteiger partial charge in [-0.05, 0) is 12.4 Å². The molecule has 0 aliphatic rings. The van der Waals surface area contributed by atoms with Crippen LogP contribution in [0.15, 0.2) is 18.6 Å². The number of hydrogen-bond donors (Lipinski definition) is 0. The van der Waals surface area contributed by atoms with Crippen molar-refractivity contribution >= 4 is 0 Å². The van der Waals surface area contributed by atoms with E-state index < -0.39 is 6.37 Å². The van der Waals surface area contributed by atoms with Gasteiger partial charge in [-0.2, -0.15) is 0 Å². The molecule has 0 aromatic carbocycles. The number of hydrogen-bond acceptors (Lipinski definition) is 2. The first-order valence-electron chi connectivity index (χ1n) is 3.37. The lowest BCUT2D eigenvalue weighted by molar-refractivity contribution is 0.998. The van der Waals surface area contributed by atoms with E-state index in [0.717, 1.165) is 0 Å². The van der Waals surface area contributed by atoms with Crippen LogP contribution in [-0.2, 0) is 6.37 Å². The van der Waals surface area contributed by atoms with Crippen LogP contribution < -0.4 is 0 Å². The lowest BCUT2D eigenvalue weighted by Crippen LogP contribution is -1.84. The Balaban J connectivity index is 2.97. The van der Waals surface area contributed by atoms with Gasteiger partial charge in [-0.25, -0.2) is 9.97 Å². The molecule has 0 N–H and O–H groups in total. The average molecular weight is 110 g/mol. The van der Waals surface area contributed by atoms with E-state index in [1.165, 1.54) is 19.4 Å². The molecule has 42 valence electrons. The van der Waals surface area contributed by atoms with E-state index in [-0.39, 0.29) is 0 Å². The van der Waals surface area contributed by atoms with E-state index in [4.69, 9.17) is 2.74 Å². The van der Waals surface area contributed by atoms with Crippen LogP contribution in [0.3, 0.4) is 0 Å². The van der Waals surface area contributed by atoms with Gasteiger partial charge in [0.05, 0.1) is 0 Å². The third-order valence-electron chi connectivity index (χ3n) is 0.838. The monoisotopic (exact) mass is 110 g/mol. The largest absolute Gasteiger partial charge is 0.245 e. The summed E-state index contributed by atoms with van der Waals surface area (Å²) < 4.78 is 14.5. The molecule has 1 aromatic rings. The molecular weight excluding hydrogens is 100 g/mol. The van der Waals surface area contributed by atoms with Gasteiger partial charge in [-0.15, -0.1) is 0 Å². The Labute approximate surface area is 51.4 Å². The molecule has 0 fully saturated rings. The molecule has 0 radical (unpaired) electrons. The Kier molecular flexibility index (Phi) is 0.954. The maximum absolute atomic E-state index is 7.25. The third-order valence-corrected chi connectivity index (χ3v) is 0.838. The van der Waals surface area contributed by atoms with Gasteiger partial charge in [-0.1, -0.05) is 6.92 Å². The van der Waals surface area contributed by atoms with Crippen LogP contribution in [0.5, 0.6) is 0 Å². The van der Waals surface area contributed by atoms with Gasteiger partial charge in [0, 0.05) is 14.6 Å². The lowest BCUT2D eigenvalue weighted by atomic mass is 10.3. The van der Waals surface area contributed by atoms with E-state index in [1.807, 2.05) is 0 Å². The normalized spacial score (nSPS) is 14.6. The number of nitrogens with zero attached hydrogens (tertiary/aromatic N) is 2. The number of rotatable bonds is 1. The molecule has 0 saturated carbocycles. The third kappa shape index (κ3) is 1.03. The van der Waals surface area contributed by atoms with Crippen LogP contribution in [0.2, 0.25) is 0 Å². The highest BCUT2D eigenvalue weighted by Gasteiger charge is 1.82. The second-order valence-corrected chi connectivity index (χ2v) is 1.34. The summed E-state index contributed by atoms with van der Waals surface area (Å²) in [5.41, 5.74) is 0.419. The molecule has 0 amide bonds. The molecule has 1 aromatic heterocycles. The fourth-order valence-electron chi connectivity index (χ4n) is 0.439. The first-order chi connectivity index (χ1) is 4.61. The smallest absolute Gasteiger partial charge is 0.115 e. The van der Waals surface area contributed by atoms with Crippen LogP contribution in [-0.4, -0.2) is 9.97 Å². The van der Waals surface area contributed by atoms with Crippen molar-refractivity contribution in [1.29, 1.82) is 0 Å². The summed E-state index contributed by atoms with van der Waals surface area (Å²) >= 11 is 0. The maximum Gasteiger partial charge on any atom is 0.115 e. The highest BCUT2D eigenvalue weighted by Crippen LogP contribution is 1.88. The summed E-state index contributed by atoms with van der Waals surface area (Å²) in [5.74, 6) is 0. The van der Waals surface area contributed by atoms with E-state index in [1.54, 1.807) is 6.07 Å². The first kappa shape index (κ1) is 3.17. The molecule has 0 saturated heterocycles. The minimum Gasteiger partial charge on any atom is -0.245 e. The van der Waals surface area contributed by atoms with Gasteiger partial charge in [0.1, 0.15) is 6.33 Å². The van der Waals surface area contributed by atoms with Gasteiger partial charge in [-0.3, -0.25) is 0 Å². The zero-order valence-electron chi connectivity index (χ0n) is 6.63. The molecule has 0 bridgehead atoms. The van der Waals surface area contributed by atoms with E-state index in [2.05, 4.69) is 9.97 Å². The lowest BCUT2D eigenvalue weighted by Gasteiger charge is -1.88. The van der Waals surface area contributed by atoms with Gasteiger partial charge >= 0.3 is 0 Å². The Morgan fingerprint density at radius 2 is 2.75 bits per heavy atom. The average Bonchev–Trinajstić information content (AvgIpc) is 1.88. The van der Waals surface area contributed by atoms with Gasteiger partial charge < -0.3 is 0 Å². The van der Waals surface area contributed by atoms with E-state index in [9.17, 15) is 0 Å². The predicted molar refractivity (Wildman–Crippen MR) is 31.4 cm³/mol. The molecule has 0 aliphatic heterocycles. The fraction of sp³-hybridized carbons (Fsp3) is 0.333. The summed E-state index contributed by atoms with van der Waals surface area (Å²) in [6.07, 6.45) is 1.52. The molecule has 1 rings (SSSR count). The molecule has 0 aliphatic carbocycles. The zero-order valence-corrected chi connectivity index (χ0v) is 4.63. The summed E-state index contributed by atoms with van der Waals surface area (Å²) in [4.78, 5) is 7.44. The van der Waals surface area contributed by atoms with Crippen molar-refractivity contribution in [2.75, 3.05) is 0 Å². The second kappa shape index (κ2) is 2.40. The Bertz CT molecular complexity index is 205. The predicted octanol–water partition coefficient (Wildman–Crippen LogP) is 1.04. The van der Waals surface area contributed by atoms with Gasteiger partial charge in [0.25, 0.3) is 0 Å². The number of aromatic nitrogens is 2. The molecule has 0 unspecified atom stereocenters. The Morgan fingerprint density at radius 1 is 1.88 bits per heavy atom. The van der Waals surface area contributed by atoms with Crippen molar-refractivity contribution in [2.24, 2.45) is 0 Å². The minimum atomic E-state index is -1.36. The standard InChI is InChI=1S/C6H8N2/c1-2-6-3-4-7-5-8-6/h3-5H,2H2,1H3/i2D2. The zero-order chi connectivity index (χ0) is 7.61. The van der Waals surface area contributed by atoms with Crippen LogP contribution >= 0.6 is 0 Å². The molecule has 8 heavy (non-hydrogen) atoms. The summed E-state index contributed by atoms with van der Waals surface area (Å²) in [5, 5.41) is 0. The van der Waals surface area contributed by atoms with Crippen LogP contribution in [0, 0.1) is 0 Å². The van der Waals surface area contributed by atoms with Crippen LogP contribution in [0.25, 0.3) is 0 Å². The molecule has 0 atom stereocenters. The van der Waals surface area contributed by atoms with Crippen LogP contribution in [0.4, 0.5) is 0 Å². The van der Waals surface area contributed by atoms with E-state index in [0.29, 0.717) is 5.69 Å². The molecule has 1 heterocycles. The van der Waals surface area contributed by atoms with E-state index >= 15 is 0 Å². The molecule has 2 nitrogen and oxygen atoms in total. The highest BCUT2D eigenvalue weighted by atomic mass is 14.8. The fourth-order valence-corrected chi connectivity index (χ4v) is 0.439. The quantitative estimate of drug-likeness (QED) is 0.539. The minimum absolute atomic E-state index is 0.419. The van der Waals surface area contributed by atoms with Crippen molar-refractivity contribution < 1.29 is 2.74 Å². The van der Waals surface area contributed by atoms with Crippen molar-refractivity contribution in [3.63, 3.8) is 0 Å². The second-order valence-electron chi connectivity index (χ2n) is 1.34. The topological polar surface area (TPSA) is 25.8 Å². The summed E-state index contributed by atoms with van der Waals surface area (Å²) in [6, 6.07) is 1.57. The van der Waals surface area contributed by atoms with Crippen molar-refractivity contribution in [2.45, 2.75) is 13.3 Å². The maximum atomic E-state index is 7.25. The molecule has 2 heteroatoms. The SMILES string of the molecule is [2H]C([2H])(C)c1ccncn1.